The number of carbonyl (C=O) groups is 4. The first-order valence-corrected chi connectivity index (χ1v) is 15.4. The predicted octanol–water partition coefficient (Wildman–Crippen LogP) is 3.79. The molecule has 3 heterocycles. The Morgan fingerprint density at radius 3 is 2.48 bits per heavy atom. The number of piperidine rings is 1. The highest BCUT2D eigenvalue weighted by Crippen LogP contribution is 2.23. The molecule has 1 fully saturated rings. The summed E-state index contributed by atoms with van der Waals surface area (Å²) in [7, 11) is 0. The van der Waals surface area contributed by atoms with Crippen LogP contribution in [0.4, 0.5) is 4.39 Å². The van der Waals surface area contributed by atoms with Gasteiger partial charge in [0.05, 0.1) is 12.6 Å². The summed E-state index contributed by atoms with van der Waals surface area (Å²) in [5.74, 6) is -0.0190. The van der Waals surface area contributed by atoms with Crippen molar-refractivity contribution in [3.05, 3.63) is 83.2 Å². The van der Waals surface area contributed by atoms with Gasteiger partial charge in [0.2, 0.25) is 17.7 Å². The fourth-order valence-corrected chi connectivity index (χ4v) is 6.02. The minimum Gasteiger partial charge on any atom is -0.344 e. The number of halogens is 1. The minimum absolute atomic E-state index is 0.00567. The van der Waals surface area contributed by atoms with E-state index < -0.39 is 17.9 Å². The van der Waals surface area contributed by atoms with Gasteiger partial charge in [0, 0.05) is 44.5 Å². The number of Topliss-reactive ketones (excluding diaryl/α,β-unsaturated/α-hetero) is 1. The largest absolute Gasteiger partial charge is 0.344 e. The Hall–Kier alpha value is -4.41. The van der Waals surface area contributed by atoms with E-state index in [4.69, 9.17) is 4.98 Å². The maximum Gasteiger partial charge on any atom is 0.243 e. The first-order valence-electron chi connectivity index (χ1n) is 15.4. The number of carbonyl (C=O) groups excluding carboxylic acids is 4. The van der Waals surface area contributed by atoms with Crippen LogP contribution in [0, 0.1) is 12.7 Å². The van der Waals surface area contributed by atoms with Gasteiger partial charge < -0.3 is 15.1 Å². The summed E-state index contributed by atoms with van der Waals surface area (Å²) in [5.41, 5.74) is 1.38. The van der Waals surface area contributed by atoms with Gasteiger partial charge in [0.15, 0.2) is 5.78 Å². The molecule has 44 heavy (non-hydrogen) atoms. The van der Waals surface area contributed by atoms with Crippen molar-refractivity contribution in [1.82, 2.24) is 29.9 Å². The molecule has 0 radical (unpaired) electrons. The molecule has 2 aromatic carbocycles. The van der Waals surface area contributed by atoms with Crippen molar-refractivity contribution >= 4 is 23.5 Å². The molecule has 3 aromatic rings. The van der Waals surface area contributed by atoms with Gasteiger partial charge in [0.25, 0.3) is 0 Å². The lowest BCUT2D eigenvalue weighted by Crippen LogP contribution is -2.53. The zero-order chi connectivity index (χ0) is 31.1. The van der Waals surface area contributed by atoms with E-state index in [2.05, 4.69) is 10.4 Å². The molecule has 0 bridgehead atoms. The lowest BCUT2D eigenvalue weighted by atomic mass is 9.99. The molecule has 1 N–H and O–H groups in total. The average Bonchev–Trinajstić information content (AvgIpc) is 3.41. The number of nitrogens with one attached hydrogen (secondary N) is 1. The number of aryl methyl sites for hydroxylation is 1. The van der Waals surface area contributed by atoms with Crippen molar-refractivity contribution in [3.8, 4) is 0 Å². The van der Waals surface area contributed by atoms with Crippen molar-refractivity contribution in [2.24, 2.45) is 0 Å². The van der Waals surface area contributed by atoms with Gasteiger partial charge in [-0.1, -0.05) is 30.3 Å². The van der Waals surface area contributed by atoms with Gasteiger partial charge in [-0.05, 0) is 68.9 Å². The van der Waals surface area contributed by atoms with Crippen LogP contribution in [0.5, 0.6) is 0 Å². The van der Waals surface area contributed by atoms with Crippen molar-refractivity contribution in [2.75, 3.05) is 19.6 Å². The molecule has 0 saturated carbocycles. The Kier molecular flexibility index (Phi) is 10.1. The van der Waals surface area contributed by atoms with Crippen LogP contribution in [0.2, 0.25) is 0 Å². The highest BCUT2D eigenvalue weighted by molar-refractivity contribution is 5.98. The molecule has 0 aliphatic carbocycles. The maximum absolute atomic E-state index is 13.7. The topological polar surface area (TPSA) is 118 Å². The quantitative estimate of drug-likeness (QED) is 0.429. The molecule has 1 aromatic heterocycles. The van der Waals surface area contributed by atoms with E-state index in [9.17, 15) is 23.6 Å². The van der Waals surface area contributed by atoms with Crippen LogP contribution in [-0.4, -0.2) is 73.7 Å². The number of ketones is 1. The molecule has 3 amide bonds. The molecule has 2 atom stereocenters. The number of aromatic nitrogens is 3. The van der Waals surface area contributed by atoms with E-state index in [0.29, 0.717) is 62.7 Å². The first kappa shape index (κ1) is 31.0. The summed E-state index contributed by atoms with van der Waals surface area (Å²) in [6.07, 6.45) is 3.41. The fraction of sp³-hybridized carbons (Fsp3) is 0.455. The van der Waals surface area contributed by atoms with Gasteiger partial charge in [-0.3, -0.25) is 19.2 Å². The third-order valence-electron chi connectivity index (χ3n) is 8.33. The third-order valence-corrected chi connectivity index (χ3v) is 8.33. The Morgan fingerprint density at radius 2 is 1.70 bits per heavy atom. The second kappa shape index (κ2) is 14.4. The Bertz CT molecular complexity index is 1480. The Labute approximate surface area is 256 Å². The summed E-state index contributed by atoms with van der Waals surface area (Å²) in [5, 5.41) is 7.81. The molecule has 232 valence electrons. The number of nitrogens with zero attached hydrogens (tertiary/aromatic N) is 5. The predicted molar refractivity (Wildman–Crippen MR) is 161 cm³/mol. The molecule has 2 aliphatic heterocycles. The van der Waals surface area contributed by atoms with E-state index in [1.807, 2.05) is 30.3 Å². The monoisotopic (exact) mass is 602 g/mol. The van der Waals surface area contributed by atoms with Gasteiger partial charge in [-0.15, -0.1) is 0 Å². The van der Waals surface area contributed by atoms with Crippen LogP contribution in [0.1, 0.15) is 78.6 Å². The molecule has 10 nitrogen and oxygen atoms in total. The number of benzene rings is 2. The average molecular weight is 603 g/mol. The normalized spacial score (nSPS) is 19.9. The van der Waals surface area contributed by atoms with Crippen molar-refractivity contribution < 1.29 is 23.6 Å². The van der Waals surface area contributed by atoms with Gasteiger partial charge >= 0.3 is 0 Å². The molecule has 0 unspecified atom stereocenters. The van der Waals surface area contributed by atoms with Crippen LogP contribution in [-0.2, 0) is 27.3 Å². The standard InChI is InChI=1S/C33H39FN6O4/c1-23-35-32-27(22-24-8-3-2-4-9-24)36-33(44)28-10-5-6-19-39(28)31(43)11-7-18-38(20-21-40(32)37-23)30(42)17-16-29(41)25-12-14-26(34)15-13-25/h2-4,8-9,12-15,27-28H,5-7,10-11,16-22H2,1H3,(H,36,44)/t27-,28+/m1/s1. The number of amides is 3. The lowest BCUT2D eigenvalue weighted by molar-refractivity contribution is -0.143. The van der Waals surface area contributed by atoms with Crippen LogP contribution in [0.15, 0.2) is 54.6 Å². The Balaban J connectivity index is 1.39. The smallest absolute Gasteiger partial charge is 0.243 e. The van der Waals surface area contributed by atoms with Crippen LogP contribution >= 0.6 is 0 Å². The first-order chi connectivity index (χ1) is 21.3. The van der Waals surface area contributed by atoms with Crippen molar-refractivity contribution in [2.45, 2.75) is 76.9 Å². The number of hydrogen-bond donors (Lipinski definition) is 1. The molecule has 2 aliphatic rings. The zero-order valence-electron chi connectivity index (χ0n) is 25.1. The number of hydrogen-bond acceptors (Lipinski definition) is 6. The summed E-state index contributed by atoms with van der Waals surface area (Å²) in [6.45, 7) is 3.27. The highest BCUT2D eigenvalue weighted by Gasteiger charge is 2.34. The number of rotatable bonds is 6. The number of fused-ring (bicyclic) bond motifs is 2. The van der Waals surface area contributed by atoms with E-state index in [-0.39, 0.29) is 42.8 Å². The fourth-order valence-electron chi connectivity index (χ4n) is 6.02. The zero-order valence-corrected chi connectivity index (χ0v) is 25.1. The van der Waals surface area contributed by atoms with Gasteiger partial charge in [-0.2, -0.15) is 5.10 Å². The second-order valence-electron chi connectivity index (χ2n) is 11.5. The molecule has 0 spiro atoms. The van der Waals surface area contributed by atoms with Gasteiger partial charge in [0.1, 0.15) is 23.5 Å². The summed E-state index contributed by atoms with van der Waals surface area (Å²) >= 11 is 0. The molecule has 1 saturated heterocycles. The minimum atomic E-state index is -0.565. The van der Waals surface area contributed by atoms with E-state index >= 15 is 0 Å². The maximum atomic E-state index is 13.7. The summed E-state index contributed by atoms with van der Waals surface area (Å²) in [6, 6.07) is 14.1. The van der Waals surface area contributed by atoms with Crippen molar-refractivity contribution in [1.29, 1.82) is 0 Å². The second-order valence-corrected chi connectivity index (χ2v) is 11.5. The van der Waals surface area contributed by atoms with E-state index in [1.54, 1.807) is 21.4 Å². The van der Waals surface area contributed by atoms with Crippen LogP contribution in [0.3, 0.4) is 0 Å². The van der Waals surface area contributed by atoms with E-state index in [1.165, 1.54) is 24.3 Å². The van der Waals surface area contributed by atoms with Crippen LogP contribution < -0.4 is 5.32 Å². The van der Waals surface area contributed by atoms with Crippen molar-refractivity contribution in [3.63, 3.8) is 0 Å². The SMILES string of the molecule is Cc1nc2n(n1)CCN(C(=O)CCC(=O)c1ccc(F)cc1)CCCC(=O)N1CCCC[C@H]1C(=O)N[C@@H]2Cc1ccccc1. The Morgan fingerprint density at radius 1 is 0.932 bits per heavy atom. The van der Waals surface area contributed by atoms with E-state index in [0.717, 1.165) is 18.4 Å². The highest BCUT2D eigenvalue weighted by atomic mass is 19.1. The third kappa shape index (κ3) is 7.75. The molecule has 5 rings (SSSR count). The molecule has 11 heteroatoms. The lowest BCUT2D eigenvalue weighted by Gasteiger charge is -2.36. The summed E-state index contributed by atoms with van der Waals surface area (Å²) in [4.78, 5) is 61.2. The summed E-state index contributed by atoms with van der Waals surface area (Å²) < 4.78 is 15.0. The van der Waals surface area contributed by atoms with Crippen LogP contribution in [0.25, 0.3) is 0 Å². The molecular formula is C33H39FN6O4. The van der Waals surface area contributed by atoms with Gasteiger partial charge in [-0.25, -0.2) is 14.1 Å². The molecular weight excluding hydrogens is 563 g/mol.